The molecule has 0 amide bonds. The molecule has 0 atom stereocenters. The van der Waals surface area contributed by atoms with E-state index in [1.165, 1.54) is 18.4 Å². The van der Waals surface area contributed by atoms with Crippen molar-refractivity contribution in [2.75, 3.05) is 23.3 Å². The molecule has 4 heterocycles. The van der Waals surface area contributed by atoms with Crippen molar-refractivity contribution in [2.45, 2.75) is 19.4 Å². The molecule has 0 saturated carbocycles. The average molecular weight is 321 g/mol. The molecule has 0 bridgehead atoms. The molecular formula is C17H19N7. The van der Waals surface area contributed by atoms with E-state index < -0.39 is 0 Å². The zero-order valence-corrected chi connectivity index (χ0v) is 13.3. The van der Waals surface area contributed by atoms with Crippen LogP contribution in [0.1, 0.15) is 18.4 Å². The number of nitrogens with zero attached hydrogens (tertiary/aromatic N) is 6. The van der Waals surface area contributed by atoms with Gasteiger partial charge in [-0.05, 0) is 25.0 Å². The molecule has 3 aromatic heterocycles. The van der Waals surface area contributed by atoms with Crippen LogP contribution in [0.4, 0.5) is 11.6 Å². The second-order valence-corrected chi connectivity index (χ2v) is 5.75. The van der Waals surface area contributed by atoms with Crippen molar-refractivity contribution in [1.29, 1.82) is 0 Å². The van der Waals surface area contributed by atoms with Crippen LogP contribution >= 0.6 is 0 Å². The normalized spacial score (nSPS) is 14.1. The van der Waals surface area contributed by atoms with E-state index in [0.29, 0.717) is 6.54 Å². The van der Waals surface area contributed by atoms with Gasteiger partial charge in [-0.3, -0.25) is 0 Å². The summed E-state index contributed by atoms with van der Waals surface area (Å²) in [5.74, 6) is 2.58. The van der Waals surface area contributed by atoms with Gasteiger partial charge in [-0.1, -0.05) is 6.07 Å². The third kappa shape index (κ3) is 3.05. The van der Waals surface area contributed by atoms with Crippen LogP contribution < -0.4 is 10.2 Å². The predicted octanol–water partition coefficient (Wildman–Crippen LogP) is 2.27. The summed E-state index contributed by atoms with van der Waals surface area (Å²) in [6.07, 6.45) is 9.47. The van der Waals surface area contributed by atoms with Crippen LogP contribution in [-0.4, -0.2) is 37.8 Å². The topological polar surface area (TPSA) is 71.8 Å². The minimum absolute atomic E-state index is 0.676. The highest BCUT2D eigenvalue weighted by atomic mass is 15.3. The molecule has 24 heavy (non-hydrogen) atoms. The maximum Gasteiger partial charge on any atom is 0.158 e. The van der Waals surface area contributed by atoms with Crippen molar-refractivity contribution < 1.29 is 0 Å². The van der Waals surface area contributed by atoms with E-state index in [1.54, 1.807) is 17.2 Å². The molecule has 1 aliphatic rings. The molecule has 7 nitrogen and oxygen atoms in total. The average Bonchev–Trinajstić information content (AvgIpc) is 3.34. The highest BCUT2D eigenvalue weighted by Gasteiger charge is 2.16. The van der Waals surface area contributed by atoms with Crippen molar-refractivity contribution in [1.82, 2.24) is 24.7 Å². The first kappa shape index (κ1) is 14.6. The molecule has 4 rings (SSSR count). The molecule has 0 spiro atoms. The summed E-state index contributed by atoms with van der Waals surface area (Å²) < 4.78 is 1.71. The first-order valence-electron chi connectivity index (χ1n) is 8.15. The van der Waals surface area contributed by atoms with Crippen LogP contribution in [0.2, 0.25) is 0 Å². The Bertz CT molecular complexity index is 794. The van der Waals surface area contributed by atoms with Gasteiger partial charge in [-0.25, -0.2) is 19.6 Å². The Labute approximate surface area is 140 Å². The summed E-state index contributed by atoms with van der Waals surface area (Å²) in [7, 11) is 0. The van der Waals surface area contributed by atoms with Crippen molar-refractivity contribution in [3.8, 4) is 5.82 Å². The van der Waals surface area contributed by atoms with Gasteiger partial charge < -0.3 is 10.2 Å². The lowest BCUT2D eigenvalue weighted by molar-refractivity contribution is 0.838. The summed E-state index contributed by atoms with van der Waals surface area (Å²) in [5, 5.41) is 7.56. The summed E-state index contributed by atoms with van der Waals surface area (Å²) in [6, 6.07) is 7.85. The lowest BCUT2D eigenvalue weighted by Gasteiger charge is -2.20. The number of nitrogens with one attached hydrogen (secondary N) is 1. The van der Waals surface area contributed by atoms with E-state index >= 15 is 0 Å². The first-order valence-corrected chi connectivity index (χ1v) is 8.15. The Hall–Kier alpha value is -2.96. The molecule has 122 valence electrons. The molecule has 0 unspecified atom stereocenters. The van der Waals surface area contributed by atoms with Crippen molar-refractivity contribution >= 4 is 11.6 Å². The van der Waals surface area contributed by atoms with E-state index in [0.717, 1.165) is 30.5 Å². The molecular weight excluding hydrogens is 302 g/mol. The fraction of sp³-hybridized carbons (Fsp3) is 0.294. The number of hydrogen-bond acceptors (Lipinski definition) is 6. The Morgan fingerprint density at radius 3 is 2.79 bits per heavy atom. The number of anilines is 2. The number of pyridine rings is 1. The number of hydrogen-bond donors (Lipinski definition) is 1. The smallest absolute Gasteiger partial charge is 0.158 e. The van der Waals surface area contributed by atoms with E-state index in [2.05, 4.69) is 36.3 Å². The quantitative estimate of drug-likeness (QED) is 0.777. The van der Waals surface area contributed by atoms with Gasteiger partial charge in [0.2, 0.25) is 0 Å². The maximum atomic E-state index is 4.57. The lowest BCUT2D eigenvalue weighted by atomic mass is 10.2. The first-order chi connectivity index (χ1) is 11.9. The molecule has 1 fully saturated rings. The number of rotatable bonds is 5. The summed E-state index contributed by atoms with van der Waals surface area (Å²) >= 11 is 0. The second kappa shape index (κ2) is 6.66. The summed E-state index contributed by atoms with van der Waals surface area (Å²) in [6.45, 7) is 2.84. The third-order valence-electron chi connectivity index (χ3n) is 4.12. The van der Waals surface area contributed by atoms with E-state index in [-0.39, 0.29) is 0 Å². The Morgan fingerprint density at radius 1 is 1.04 bits per heavy atom. The molecule has 3 aromatic rings. The Morgan fingerprint density at radius 2 is 1.96 bits per heavy atom. The van der Waals surface area contributed by atoms with Crippen LogP contribution in [0.5, 0.6) is 0 Å². The third-order valence-corrected chi connectivity index (χ3v) is 4.12. The van der Waals surface area contributed by atoms with Crippen LogP contribution in [0.25, 0.3) is 5.82 Å². The van der Waals surface area contributed by atoms with Gasteiger partial charge in [-0.15, -0.1) is 0 Å². The number of aromatic nitrogens is 5. The Balaban J connectivity index is 1.50. The monoisotopic (exact) mass is 321 g/mol. The van der Waals surface area contributed by atoms with Crippen LogP contribution in [0.3, 0.4) is 0 Å². The van der Waals surface area contributed by atoms with E-state index in [9.17, 15) is 0 Å². The van der Waals surface area contributed by atoms with Crippen LogP contribution in [0.15, 0.2) is 49.2 Å². The van der Waals surface area contributed by atoms with Crippen LogP contribution in [-0.2, 0) is 6.54 Å². The van der Waals surface area contributed by atoms with Gasteiger partial charge >= 0.3 is 0 Å². The minimum atomic E-state index is 0.676. The van der Waals surface area contributed by atoms with Crippen molar-refractivity contribution in [3.63, 3.8) is 0 Å². The van der Waals surface area contributed by atoms with Crippen LogP contribution in [0, 0.1) is 0 Å². The standard InChI is InChI=1S/C17H19N7/c1-2-9-23(8-1)17-14(5-3-6-18-17)12-19-15-11-16(21-13-20-15)24-10-4-7-22-24/h3-7,10-11,13H,1-2,8-9,12H2,(H,19,20,21). The molecule has 7 heteroatoms. The molecule has 0 radical (unpaired) electrons. The zero-order chi connectivity index (χ0) is 16.2. The minimum Gasteiger partial charge on any atom is -0.366 e. The summed E-state index contributed by atoms with van der Waals surface area (Å²) in [5.41, 5.74) is 1.18. The zero-order valence-electron chi connectivity index (χ0n) is 13.3. The SMILES string of the molecule is c1cnc(N2CCCC2)c(CNc2cc(-n3cccn3)ncn2)c1. The Kier molecular flexibility index (Phi) is 4.05. The highest BCUT2D eigenvalue weighted by molar-refractivity contribution is 5.50. The lowest BCUT2D eigenvalue weighted by Crippen LogP contribution is -2.21. The predicted molar refractivity (Wildman–Crippen MR) is 92.2 cm³/mol. The highest BCUT2D eigenvalue weighted by Crippen LogP contribution is 2.22. The van der Waals surface area contributed by atoms with E-state index in [4.69, 9.17) is 0 Å². The second-order valence-electron chi connectivity index (χ2n) is 5.75. The molecule has 1 N–H and O–H groups in total. The molecule has 1 saturated heterocycles. The van der Waals surface area contributed by atoms with Gasteiger partial charge in [0.05, 0.1) is 0 Å². The van der Waals surface area contributed by atoms with Gasteiger partial charge in [0.15, 0.2) is 5.82 Å². The van der Waals surface area contributed by atoms with Gasteiger partial charge in [0, 0.05) is 49.9 Å². The van der Waals surface area contributed by atoms with Crippen molar-refractivity contribution in [3.05, 3.63) is 54.7 Å². The fourth-order valence-electron chi connectivity index (χ4n) is 2.94. The van der Waals surface area contributed by atoms with Crippen molar-refractivity contribution in [2.24, 2.45) is 0 Å². The van der Waals surface area contributed by atoms with Gasteiger partial charge in [0.25, 0.3) is 0 Å². The largest absolute Gasteiger partial charge is 0.366 e. The maximum absolute atomic E-state index is 4.57. The van der Waals surface area contributed by atoms with Gasteiger partial charge in [0.1, 0.15) is 18.0 Å². The fourth-order valence-corrected chi connectivity index (χ4v) is 2.94. The van der Waals surface area contributed by atoms with Gasteiger partial charge in [-0.2, -0.15) is 5.10 Å². The molecule has 0 aliphatic carbocycles. The molecule has 0 aromatic carbocycles. The van der Waals surface area contributed by atoms with E-state index in [1.807, 2.05) is 30.6 Å². The summed E-state index contributed by atoms with van der Waals surface area (Å²) in [4.78, 5) is 15.5. The molecule has 1 aliphatic heterocycles.